The Bertz CT molecular complexity index is 98.0. The predicted octanol–water partition coefficient (Wildman–Crippen LogP) is 3.07. The molecule has 0 bridgehead atoms. The Labute approximate surface area is 75.2 Å². The van der Waals surface area contributed by atoms with Gasteiger partial charge in [0.25, 0.3) is 0 Å². The maximum atomic E-state index is 5.16. The molecule has 0 N–H and O–H groups in total. The van der Waals surface area contributed by atoms with E-state index in [0.717, 1.165) is 6.61 Å². The highest BCUT2D eigenvalue weighted by molar-refractivity contribution is 4.59. The van der Waals surface area contributed by atoms with Crippen LogP contribution in [0.1, 0.15) is 51.9 Å². The third-order valence-electron chi connectivity index (χ3n) is 2.34. The Kier molecular flexibility index (Phi) is 5.37. The SMILES string of the molecule is CCCCCCC1CCCOO1. The summed E-state index contributed by atoms with van der Waals surface area (Å²) in [6.45, 7) is 3.02. The zero-order valence-electron chi connectivity index (χ0n) is 8.05. The van der Waals surface area contributed by atoms with Gasteiger partial charge in [-0.1, -0.05) is 32.6 Å². The predicted molar refractivity (Wildman–Crippen MR) is 48.8 cm³/mol. The van der Waals surface area contributed by atoms with E-state index in [1.54, 1.807) is 0 Å². The molecule has 1 heterocycles. The summed E-state index contributed by atoms with van der Waals surface area (Å²) in [4.78, 5) is 10.1. The topological polar surface area (TPSA) is 18.5 Å². The van der Waals surface area contributed by atoms with Crippen LogP contribution >= 0.6 is 0 Å². The molecule has 0 amide bonds. The average Bonchev–Trinajstić information content (AvgIpc) is 2.14. The summed E-state index contributed by atoms with van der Waals surface area (Å²) in [6.07, 6.45) is 9.22. The van der Waals surface area contributed by atoms with Gasteiger partial charge in [0.15, 0.2) is 0 Å². The fourth-order valence-corrected chi connectivity index (χ4v) is 1.55. The Hall–Kier alpha value is -0.0800. The minimum Gasteiger partial charge on any atom is -0.236 e. The van der Waals surface area contributed by atoms with Gasteiger partial charge in [0, 0.05) is 0 Å². The molecule has 0 aromatic heterocycles. The van der Waals surface area contributed by atoms with Gasteiger partial charge in [0.05, 0.1) is 12.7 Å². The third-order valence-corrected chi connectivity index (χ3v) is 2.34. The van der Waals surface area contributed by atoms with Gasteiger partial charge >= 0.3 is 0 Å². The van der Waals surface area contributed by atoms with Crippen LogP contribution in [0.2, 0.25) is 0 Å². The first kappa shape index (κ1) is 10.0. The zero-order valence-corrected chi connectivity index (χ0v) is 8.05. The van der Waals surface area contributed by atoms with E-state index in [1.165, 1.54) is 44.9 Å². The molecule has 1 aliphatic rings. The van der Waals surface area contributed by atoms with Crippen molar-refractivity contribution in [2.75, 3.05) is 6.61 Å². The Morgan fingerprint density at radius 1 is 1.25 bits per heavy atom. The first-order valence-electron chi connectivity index (χ1n) is 5.21. The molecule has 0 saturated carbocycles. The van der Waals surface area contributed by atoms with E-state index in [1.807, 2.05) is 0 Å². The first-order valence-corrected chi connectivity index (χ1v) is 5.21. The van der Waals surface area contributed by atoms with Crippen molar-refractivity contribution in [2.24, 2.45) is 0 Å². The Morgan fingerprint density at radius 3 is 2.83 bits per heavy atom. The van der Waals surface area contributed by atoms with Crippen LogP contribution in [0.15, 0.2) is 0 Å². The Balaban J connectivity index is 1.91. The maximum absolute atomic E-state index is 5.16. The average molecular weight is 172 g/mol. The van der Waals surface area contributed by atoms with Crippen LogP contribution < -0.4 is 0 Å². The molecule has 1 saturated heterocycles. The standard InChI is InChI=1S/C10H20O2/c1-2-3-4-5-7-10-8-6-9-11-12-10/h10H,2-9H2,1H3. The smallest absolute Gasteiger partial charge is 0.0930 e. The van der Waals surface area contributed by atoms with Gasteiger partial charge in [-0.05, 0) is 19.3 Å². The summed E-state index contributed by atoms with van der Waals surface area (Å²) < 4.78 is 0. The molecule has 1 atom stereocenters. The van der Waals surface area contributed by atoms with Gasteiger partial charge in [-0.25, -0.2) is 9.78 Å². The van der Waals surface area contributed by atoms with Crippen molar-refractivity contribution in [1.29, 1.82) is 0 Å². The van der Waals surface area contributed by atoms with E-state index in [-0.39, 0.29) is 0 Å². The second-order valence-corrected chi connectivity index (χ2v) is 3.53. The van der Waals surface area contributed by atoms with Gasteiger partial charge in [0.2, 0.25) is 0 Å². The van der Waals surface area contributed by atoms with Gasteiger partial charge in [-0.3, -0.25) is 0 Å². The van der Waals surface area contributed by atoms with Crippen LogP contribution in [-0.4, -0.2) is 12.7 Å². The number of unbranched alkanes of at least 4 members (excludes halogenated alkanes) is 3. The summed E-state index contributed by atoms with van der Waals surface area (Å²) in [7, 11) is 0. The van der Waals surface area contributed by atoms with Crippen molar-refractivity contribution in [1.82, 2.24) is 0 Å². The van der Waals surface area contributed by atoms with Crippen LogP contribution in [0.4, 0.5) is 0 Å². The monoisotopic (exact) mass is 172 g/mol. The van der Waals surface area contributed by atoms with Gasteiger partial charge in [0.1, 0.15) is 0 Å². The summed E-state index contributed by atoms with van der Waals surface area (Å²) in [6, 6.07) is 0. The van der Waals surface area contributed by atoms with Crippen LogP contribution in [0, 0.1) is 0 Å². The summed E-state index contributed by atoms with van der Waals surface area (Å²) in [5.41, 5.74) is 0. The normalized spacial score (nSPS) is 24.2. The highest BCUT2D eigenvalue weighted by atomic mass is 17.2. The molecule has 1 aliphatic heterocycles. The van der Waals surface area contributed by atoms with Crippen LogP contribution in [0.3, 0.4) is 0 Å². The van der Waals surface area contributed by atoms with Crippen LogP contribution in [-0.2, 0) is 9.78 Å². The van der Waals surface area contributed by atoms with Crippen molar-refractivity contribution < 1.29 is 9.78 Å². The van der Waals surface area contributed by atoms with Crippen molar-refractivity contribution >= 4 is 0 Å². The molecule has 0 aromatic carbocycles. The molecule has 0 radical (unpaired) electrons. The van der Waals surface area contributed by atoms with E-state index < -0.39 is 0 Å². The van der Waals surface area contributed by atoms with Crippen molar-refractivity contribution in [3.8, 4) is 0 Å². The molecule has 1 fully saturated rings. The zero-order chi connectivity index (χ0) is 8.65. The number of rotatable bonds is 5. The molecule has 0 spiro atoms. The van der Waals surface area contributed by atoms with E-state index in [0.29, 0.717) is 6.10 Å². The Morgan fingerprint density at radius 2 is 2.17 bits per heavy atom. The van der Waals surface area contributed by atoms with E-state index >= 15 is 0 Å². The fraction of sp³-hybridized carbons (Fsp3) is 1.00. The van der Waals surface area contributed by atoms with E-state index in [4.69, 9.17) is 9.78 Å². The van der Waals surface area contributed by atoms with Crippen LogP contribution in [0.5, 0.6) is 0 Å². The lowest BCUT2D eigenvalue weighted by molar-refractivity contribution is -0.345. The summed E-state index contributed by atoms with van der Waals surface area (Å²) in [5.74, 6) is 0. The highest BCUT2D eigenvalue weighted by Crippen LogP contribution is 2.16. The van der Waals surface area contributed by atoms with Gasteiger partial charge in [-0.2, -0.15) is 0 Å². The minimum atomic E-state index is 0.385. The molecule has 0 aromatic rings. The van der Waals surface area contributed by atoms with E-state index in [9.17, 15) is 0 Å². The summed E-state index contributed by atoms with van der Waals surface area (Å²) in [5, 5.41) is 0. The molecule has 2 heteroatoms. The second kappa shape index (κ2) is 6.44. The third kappa shape index (κ3) is 4.07. The van der Waals surface area contributed by atoms with Crippen molar-refractivity contribution in [2.45, 2.75) is 58.0 Å². The van der Waals surface area contributed by atoms with E-state index in [2.05, 4.69) is 6.92 Å². The first-order chi connectivity index (χ1) is 5.93. The van der Waals surface area contributed by atoms with Crippen molar-refractivity contribution in [3.05, 3.63) is 0 Å². The second-order valence-electron chi connectivity index (χ2n) is 3.53. The molecular weight excluding hydrogens is 152 g/mol. The lowest BCUT2D eigenvalue weighted by atomic mass is 10.1. The molecule has 1 unspecified atom stereocenters. The molecule has 0 aliphatic carbocycles. The van der Waals surface area contributed by atoms with Gasteiger partial charge < -0.3 is 0 Å². The fourth-order valence-electron chi connectivity index (χ4n) is 1.55. The quantitative estimate of drug-likeness (QED) is 0.468. The molecular formula is C10H20O2. The summed E-state index contributed by atoms with van der Waals surface area (Å²) >= 11 is 0. The number of hydrogen-bond acceptors (Lipinski definition) is 2. The molecule has 12 heavy (non-hydrogen) atoms. The maximum Gasteiger partial charge on any atom is 0.0930 e. The molecule has 2 nitrogen and oxygen atoms in total. The lowest BCUT2D eigenvalue weighted by Gasteiger charge is -2.20. The highest BCUT2D eigenvalue weighted by Gasteiger charge is 2.13. The van der Waals surface area contributed by atoms with Crippen molar-refractivity contribution in [3.63, 3.8) is 0 Å². The van der Waals surface area contributed by atoms with Crippen LogP contribution in [0.25, 0.3) is 0 Å². The largest absolute Gasteiger partial charge is 0.236 e. The lowest BCUT2D eigenvalue weighted by Crippen LogP contribution is -2.19. The minimum absolute atomic E-state index is 0.385. The van der Waals surface area contributed by atoms with Gasteiger partial charge in [-0.15, -0.1) is 0 Å². The molecule has 1 rings (SSSR count). The molecule has 72 valence electrons. The number of hydrogen-bond donors (Lipinski definition) is 0.